The second-order valence-electron chi connectivity index (χ2n) is 30.3. The average molecular weight is 1930 g/mol. The molecule has 15 aromatic rings. The van der Waals surface area contributed by atoms with Crippen LogP contribution in [0.25, 0.3) is 22.1 Å². The minimum Gasteiger partial charge on any atom is -0.478 e. The van der Waals surface area contributed by atoms with E-state index in [2.05, 4.69) is 83.7 Å². The highest BCUT2D eigenvalue weighted by Gasteiger charge is 2.41. The number of para-hydroxylation sites is 4. The number of imide groups is 4. The van der Waals surface area contributed by atoms with Gasteiger partial charge >= 0.3 is 11.9 Å². The van der Waals surface area contributed by atoms with Gasteiger partial charge in [0.25, 0.3) is 47.3 Å². The van der Waals surface area contributed by atoms with Crippen LogP contribution < -0.4 is 5.73 Å². The van der Waals surface area contributed by atoms with E-state index in [4.69, 9.17) is 20.7 Å². The molecule has 8 aromatic heterocycles. The molecule has 0 spiro atoms. The van der Waals surface area contributed by atoms with Gasteiger partial charge in [-0.05, 0) is 201 Å². The smallest absolute Gasteiger partial charge is 0.345 e. The van der Waals surface area contributed by atoms with Crippen LogP contribution in [0, 0.1) is 19.8 Å². The molecule has 664 valence electrons. The third-order valence-corrected chi connectivity index (χ3v) is 28.1. The van der Waals surface area contributed by atoms with Crippen LogP contribution in [0.5, 0.6) is 0 Å². The van der Waals surface area contributed by atoms with Crippen LogP contribution in [0.4, 0.5) is 0 Å². The Hall–Kier alpha value is -13.6. The number of imidazole rings is 2. The Balaban J connectivity index is 0.000000125. The maximum Gasteiger partial charge on any atom is 0.345 e. The summed E-state index contributed by atoms with van der Waals surface area (Å²) in [5.74, 6) is -3.17. The Labute approximate surface area is 783 Å². The molecule has 33 heteroatoms. The number of esters is 1. The molecule has 0 fully saturated rings. The number of thiophene rings is 6. The summed E-state index contributed by atoms with van der Waals surface area (Å²) < 4.78 is 9.18. The number of hydrogen-bond donors (Lipinski definition) is 3. The van der Waals surface area contributed by atoms with Crippen LogP contribution in [0.3, 0.4) is 0 Å². The number of carbonyl (C=O) groups excluding carboxylic acids is 12. The van der Waals surface area contributed by atoms with Crippen molar-refractivity contribution in [2.75, 3.05) is 0 Å². The first kappa shape index (κ1) is 93.5. The van der Waals surface area contributed by atoms with Gasteiger partial charge in [0.15, 0.2) is 12.6 Å². The van der Waals surface area contributed by atoms with Gasteiger partial charge in [0.2, 0.25) is 12.0 Å². The van der Waals surface area contributed by atoms with Crippen LogP contribution in [0.1, 0.15) is 186 Å². The second kappa shape index (κ2) is 42.8. The quantitative estimate of drug-likeness (QED) is 0.0260. The summed E-state index contributed by atoms with van der Waals surface area (Å²) in [7, 11) is 0. The fourth-order valence-electron chi connectivity index (χ4n) is 15.1. The zero-order chi connectivity index (χ0) is 92.7. The van der Waals surface area contributed by atoms with E-state index in [-0.39, 0.29) is 72.9 Å². The summed E-state index contributed by atoms with van der Waals surface area (Å²) in [6, 6.07) is 65.0. The van der Waals surface area contributed by atoms with Crippen molar-refractivity contribution in [3.05, 3.63) is 369 Å². The summed E-state index contributed by atoms with van der Waals surface area (Å²) in [4.78, 5) is 175. The van der Waals surface area contributed by atoms with E-state index >= 15 is 0 Å². The predicted octanol–water partition coefficient (Wildman–Crippen LogP) is 17.7. The fraction of sp³-hybridized carbons (Fsp3) is 0.173. The standard InChI is InChI=1S/C22H17N3O2S.C15H17NO5.C14H10BrNO2S.C14H15N3S.C14H11NO3S.C14H9NO3S.C5H4OS/c1-14-23-19-8-4-5-9-20(19)24(14)12-16-10-15(13-28-16)11-25-21(26)17-6-2-3-7-18(17)22(25)27;1-9(13(15(19)20)21-10(2)17)14(18)16-7-11-5-3-4-6-12(11)8-16;15-6-10-5-9(8-19-10)7-16-13(17)11-3-1-2-4-12(11)14(16)18;1-10-16-13-4-2-3-5-14(13)17(10)8-12-6-11(7-15)9-18-12;2*16-7-10-5-9(8-19-10)6-15-13(17)11-3-1-2-4-12(11)14(15)18;6-4-5-2-1-3-7-5/h2-10,13H,11-12H2,1H3;3-6,9,13H,7-8H2,1-2H3,(H,19,20);1-5,8H,6-7H2;2-6,9H,7-8,15H2,1H3;1-5,8,16H,6-7H2;1-5,7-8H,6H2;1-4H/t;9-,13-;;;;;/m.1...../s1. The van der Waals surface area contributed by atoms with E-state index in [9.17, 15) is 62.3 Å². The van der Waals surface area contributed by atoms with Crippen LogP contribution in [-0.4, -0.2) is 138 Å². The summed E-state index contributed by atoms with van der Waals surface area (Å²) >= 11 is 12.6. The lowest BCUT2D eigenvalue weighted by molar-refractivity contribution is -0.169. The number of halogens is 1. The molecule has 0 saturated carbocycles. The van der Waals surface area contributed by atoms with E-state index in [1.165, 1.54) is 81.4 Å². The van der Waals surface area contributed by atoms with Gasteiger partial charge in [0.05, 0.1) is 128 Å². The van der Waals surface area contributed by atoms with Gasteiger partial charge in [-0.2, -0.15) is 0 Å². The number of carboxylic acid groups (broad SMARTS) is 1. The summed E-state index contributed by atoms with van der Waals surface area (Å²) in [5, 5.41) is 30.6. The van der Waals surface area contributed by atoms with Crippen molar-refractivity contribution in [2.24, 2.45) is 11.7 Å². The first-order valence-corrected chi connectivity index (χ1v) is 47.3. The third kappa shape index (κ3) is 21.6. The number of nitrogens with zero attached hydrogens (tertiary/aromatic N) is 9. The molecule has 0 radical (unpaired) electrons. The SMILES string of the molecule is CC(=O)O[C@@H](C(=O)O)[C@@H](C)C(=O)N1Cc2ccccc2C1.Cc1nc2ccccc2n1Cc1cc(CN)cs1.Cc1nc2ccccc2n1Cc1cc(CN2C(=O)c3ccccc3C2=O)cs1.O=C1c2ccccc2C(=O)N1Cc1csc(CBr)c1.O=C1c2ccccc2C(=O)N1Cc1csc(CO)c1.O=Cc1cc(CN2C(=O)c3ccccc3C2=O)cs1.O=Cc1cccs1. The molecule has 0 bridgehead atoms. The number of aliphatic hydroxyl groups is 1. The number of amides is 9. The van der Waals surface area contributed by atoms with Crippen molar-refractivity contribution >= 4 is 184 Å². The van der Waals surface area contributed by atoms with Gasteiger partial charge in [-0.25, -0.2) is 14.8 Å². The fourth-order valence-corrected chi connectivity index (χ4v) is 20.1. The zero-order valence-corrected chi connectivity index (χ0v) is 77.3. The molecule has 13 heterocycles. The molecule has 0 unspecified atom stereocenters. The molecule has 26 nitrogen and oxygen atoms in total. The number of aromatic nitrogens is 4. The van der Waals surface area contributed by atoms with Crippen molar-refractivity contribution in [3.63, 3.8) is 0 Å². The lowest BCUT2D eigenvalue weighted by Gasteiger charge is -2.24. The molecule has 9 amide bonds. The monoisotopic (exact) mass is 1930 g/mol. The molecule has 5 aliphatic rings. The number of carboxylic acids is 1. The van der Waals surface area contributed by atoms with Gasteiger partial charge in [-0.3, -0.25) is 77.1 Å². The number of aliphatic carboxylic acids is 1. The Morgan fingerprint density at radius 3 is 1.09 bits per heavy atom. The number of aldehydes is 2. The lowest BCUT2D eigenvalue weighted by Crippen LogP contribution is -2.42. The molecule has 0 saturated heterocycles. The number of alkyl halides is 1. The van der Waals surface area contributed by atoms with Crippen molar-refractivity contribution in [1.82, 2.24) is 43.6 Å². The van der Waals surface area contributed by atoms with Gasteiger partial charge in [0.1, 0.15) is 11.6 Å². The van der Waals surface area contributed by atoms with Gasteiger partial charge in [0, 0.05) is 51.4 Å². The Morgan fingerprint density at radius 2 is 0.771 bits per heavy atom. The number of aryl methyl sites for hydroxylation is 2. The largest absolute Gasteiger partial charge is 0.478 e. The van der Waals surface area contributed by atoms with Crippen LogP contribution >= 0.6 is 84.0 Å². The van der Waals surface area contributed by atoms with Crippen molar-refractivity contribution in [3.8, 4) is 0 Å². The molecule has 7 aromatic carbocycles. The zero-order valence-electron chi connectivity index (χ0n) is 70.8. The second-order valence-corrected chi connectivity index (χ2v) is 36.8. The number of rotatable bonds is 21. The summed E-state index contributed by atoms with van der Waals surface area (Å²) in [5.41, 5.74) is 20.7. The highest BCUT2D eigenvalue weighted by molar-refractivity contribution is 9.08. The molecule has 4 N–H and O–H groups in total. The molecular weight excluding hydrogens is 1850 g/mol. The number of benzene rings is 7. The maximum atomic E-state index is 12.6. The van der Waals surface area contributed by atoms with Crippen LogP contribution in [0.15, 0.2) is 245 Å². The third-order valence-electron chi connectivity index (χ3n) is 21.5. The first-order valence-electron chi connectivity index (χ1n) is 40.9. The van der Waals surface area contributed by atoms with E-state index in [1.54, 1.807) is 153 Å². The number of ether oxygens (including phenoxy) is 1. The van der Waals surface area contributed by atoms with E-state index in [0.717, 1.165) is 114 Å². The van der Waals surface area contributed by atoms with Crippen molar-refractivity contribution in [2.45, 2.75) is 105 Å². The summed E-state index contributed by atoms with van der Waals surface area (Å²) in [6.07, 6.45) is 0.153. The maximum absolute atomic E-state index is 12.6. The van der Waals surface area contributed by atoms with Gasteiger partial charge in [-0.15, -0.1) is 68.0 Å². The number of hydrogen-bond acceptors (Lipinski definition) is 24. The Kier molecular flexibility index (Phi) is 30.5. The topological polar surface area (TPSA) is 349 Å². The minimum atomic E-state index is -1.46. The van der Waals surface area contributed by atoms with Gasteiger partial charge < -0.3 is 34.7 Å². The highest BCUT2D eigenvalue weighted by atomic mass is 79.9. The minimum absolute atomic E-state index is 0.0210. The van der Waals surface area contributed by atoms with Crippen LogP contribution in [0.2, 0.25) is 0 Å². The number of fused-ring (bicyclic) bond motifs is 7. The number of aliphatic hydroxyl groups excluding tert-OH is 1. The highest BCUT2D eigenvalue weighted by Crippen LogP contribution is 2.34. The first-order chi connectivity index (χ1) is 63.3. The van der Waals surface area contributed by atoms with Crippen LogP contribution in [-0.2, 0) is 90.0 Å². The number of nitrogens with two attached hydrogens (primary N) is 1. The lowest BCUT2D eigenvalue weighted by atomic mass is 10.0. The molecular formula is C98H83BrN10O16S6. The summed E-state index contributed by atoms with van der Waals surface area (Å²) in [6.45, 7) is 10.8. The molecule has 5 aliphatic heterocycles. The van der Waals surface area contributed by atoms with Crippen molar-refractivity contribution in [1.29, 1.82) is 0 Å². The molecule has 0 aliphatic carbocycles. The van der Waals surface area contributed by atoms with E-state index in [0.29, 0.717) is 82.1 Å². The predicted molar refractivity (Wildman–Crippen MR) is 506 cm³/mol. The van der Waals surface area contributed by atoms with E-state index < -0.39 is 24.0 Å². The Morgan fingerprint density at radius 1 is 0.435 bits per heavy atom. The van der Waals surface area contributed by atoms with Gasteiger partial charge in [-0.1, -0.05) is 119 Å². The average Bonchev–Trinajstić information content (AvgIpc) is 1.63. The van der Waals surface area contributed by atoms with E-state index in [1.807, 2.05) is 95.2 Å². The normalized spacial score (nSPS) is 13.5. The molecule has 20 rings (SSSR count). The van der Waals surface area contributed by atoms with Crippen molar-refractivity contribution < 1.29 is 77.3 Å². The Bertz CT molecular complexity index is 6580. The molecule has 131 heavy (non-hydrogen) atoms. The number of carbonyl (C=O) groups is 13. The molecule has 2 atom stereocenters.